The number of ether oxygens (including phenoxy) is 2. The Morgan fingerprint density at radius 1 is 0.280 bits per heavy atom. The van der Waals surface area contributed by atoms with Gasteiger partial charge in [0.25, 0.3) is 0 Å². The molecule has 2 aliphatic heterocycles. The average molecular weight is 1370 g/mol. The summed E-state index contributed by atoms with van der Waals surface area (Å²) in [6.07, 6.45) is 71.2. The molecule has 7 heterocycles. The Morgan fingerprint density at radius 2 is 0.527 bits per heavy atom. The van der Waals surface area contributed by atoms with Crippen LogP contribution in [0.3, 0.4) is 0 Å². The third-order valence-corrected chi connectivity index (χ3v) is 27.3. The highest BCUT2D eigenvalue weighted by Crippen LogP contribution is 2.61. The van der Waals surface area contributed by atoms with E-state index in [2.05, 4.69) is 77.1 Å². The Hall–Kier alpha value is -2.56. The van der Waals surface area contributed by atoms with E-state index in [1.54, 1.807) is 33.8 Å². The molecule has 0 N–H and O–H groups in total. The first-order valence-corrected chi connectivity index (χ1v) is 43.9. The maximum absolute atomic E-state index is 12.8. The fourth-order valence-corrected chi connectivity index (χ4v) is 21.6. The molecule has 2 aliphatic rings. The van der Waals surface area contributed by atoms with E-state index in [4.69, 9.17) is 9.47 Å². The topological polar surface area (TPSA) is 52.6 Å². The molecule has 9 heteroatoms. The number of unbranched alkanes of at least 4 members (excludes halogenated alkanes) is 42. The first-order valence-electron chi connectivity index (χ1n) is 39.8. The smallest absolute Gasteiger partial charge is 0.160 e. The fraction of sp³-hybridized carbons (Fsp3) is 0.738. The minimum atomic E-state index is -0.416. The van der Waals surface area contributed by atoms with Gasteiger partial charge < -0.3 is 9.47 Å². The molecule has 0 radical (unpaired) electrons. The van der Waals surface area contributed by atoms with Gasteiger partial charge in [-0.2, -0.15) is 0 Å². The molecule has 5 aromatic heterocycles. The van der Waals surface area contributed by atoms with Gasteiger partial charge in [0.1, 0.15) is 22.7 Å². The monoisotopic (exact) mass is 1360 g/mol. The Kier molecular flexibility index (Phi) is 37.8. The number of hydrogen-bond acceptors (Lipinski definition) is 9. The number of hydrogen-bond donors (Lipinski definition) is 0. The van der Waals surface area contributed by atoms with Gasteiger partial charge in [0.05, 0.1) is 29.3 Å². The first kappa shape index (κ1) is 77.8. The third-order valence-electron chi connectivity index (χ3n) is 21.0. The van der Waals surface area contributed by atoms with E-state index in [0.717, 1.165) is 72.4 Å². The third kappa shape index (κ3) is 24.4. The highest BCUT2D eigenvalue weighted by molar-refractivity contribution is 7.30. The summed E-state index contributed by atoms with van der Waals surface area (Å²) in [6, 6.07) is 9.48. The van der Waals surface area contributed by atoms with Crippen LogP contribution >= 0.6 is 56.7 Å². The quantitative estimate of drug-likeness (QED) is 0.0288. The van der Waals surface area contributed by atoms with Gasteiger partial charge >= 0.3 is 0 Å². The standard InChI is InChI=1S/C84H132O4S5/c1-7-13-19-25-29-33-37-41-45-51-57-83(58-52-46-42-38-34-30-26-20-14-8-2)71-63-75(91-79(71)81-73(87-83)61-67(65-85)89-81)77-69(55-49-23-17-11-5)70(56-50-24-18-12-6)78(93-77)76-64-72-80(92-76)82-74(62-68(66-86)90-82)88-84(72,59-53-47-43-39-35-31-27-21-15-9-3)60-54-48-44-40-36-32-28-22-16-10-4/h61-66H,7-60H2,1-6H3. The largest absolute Gasteiger partial charge is 0.481 e. The first-order chi connectivity index (χ1) is 45.8. The van der Waals surface area contributed by atoms with Crippen LogP contribution in [0, 0.1) is 0 Å². The van der Waals surface area contributed by atoms with E-state index < -0.39 is 11.2 Å². The van der Waals surface area contributed by atoms with Gasteiger partial charge in [-0.3, -0.25) is 9.59 Å². The highest BCUT2D eigenvalue weighted by Gasteiger charge is 2.45. The Labute approximate surface area is 590 Å². The molecule has 5 aromatic rings. The maximum Gasteiger partial charge on any atom is 0.160 e. The average Bonchev–Trinajstić information content (AvgIpc) is 1.59. The SMILES string of the molecule is CCCCCCCCCCCCC1(CCCCCCCCCCCC)Oc2cc(C=O)sc2-c2sc(-c3sc(-c4cc5c(s4)-c4sc(C=O)cc4OC5(CCCCCCCCCCCC)CCCCCCCCCCCC)c(CCCCCC)c3CCCCCC)cc21. The van der Waals surface area contributed by atoms with Crippen LogP contribution in [0.4, 0.5) is 0 Å². The number of rotatable bonds is 58. The zero-order valence-corrected chi connectivity index (χ0v) is 64.4. The molecular formula is C84H132O4S5. The van der Waals surface area contributed by atoms with Crippen molar-refractivity contribution in [3.05, 3.63) is 56.3 Å². The van der Waals surface area contributed by atoms with E-state index >= 15 is 0 Å². The van der Waals surface area contributed by atoms with Crippen LogP contribution in [0.5, 0.6) is 11.5 Å². The summed E-state index contributed by atoms with van der Waals surface area (Å²) in [7, 11) is 0. The van der Waals surface area contributed by atoms with Crippen molar-refractivity contribution >= 4 is 69.3 Å². The fourth-order valence-electron chi connectivity index (χ4n) is 15.4. The summed E-state index contributed by atoms with van der Waals surface area (Å²) in [4.78, 5) is 37.9. The molecule has 0 saturated carbocycles. The molecule has 0 saturated heterocycles. The molecule has 0 fully saturated rings. The molecule has 0 amide bonds. The number of aldehydes is 2. The summed E-state index contributed by atoms with van der Waals surface area (Å²) in [5, 5.41) is 0. The van der Waals surface area contributed by atoms with Crippen molar-refractivity contribution in [1.82, 2.24) is 0 Å². The van der Waals surface area contributed by atoms with Crippen molar-refractivity contribution in [2.24, 2.45) is 0 Å². The summed E-state index contributed by atoms with van der Waals surface area (Å²) in [5.74, 6) is 1.89. The van der Waals surface area contributed by atoms with Gasteiger partial charge in [0, 0.05) is 42.8 Å². The van der Waals surface area contributed by atoms with Gasteiger partial charge in [0.15, 0.2) is 12.6 Å². The summed E-state index contributed by atoms with van der Waals surface area (Å²) in [5.41, 5.74) is 5.17. The molecule has 0 aromatic carbocycles. The number of thiophene rings is 5. The molecular weight excluding hydrogens is 1230 g/mol. The molecule has 0 aliphatic carbocycles. The van der Waals surface area contributed by atoms with Crippen molar-refractivity contribution in [2.75, 3.05) is 0 Å². The normalized spacial score (nSPS) is 13.7. The molecule has 7 rings (SSSR count). The van der Waals surface area contributed by atoms with Crippen LogP contribution < -0.4 is 9.47 Å². The molecule has 0 atom stereocenters. The second-order valence-electron chi connectivity index (χ2n) is 28.9. The molecule has 93 heavy (non-hydrogen) atoms. The van der Waals surface area contributed by atoms with Gasteiger partial charge in [-0.15, -0.1) is 56.7 Å². The number of carbonyl (C=O) groups excluding carboxylic acids is 2. The Balaban J connectivity index is 1.29. The van der Waals surface area contributed by atoms with Gasteiger partial charge in [-0.05, 0) is 100 Å². The van der Waals surface area contributed by atoms with E-state index in [9.17, 15) is 9.59 Å². The molecule has 522 valence electrons. The second kappa shape index (κ2) is 45.2. The Bertz CT molecular complexity index is 2560. The minimum absolute atomic E-state index is 0.416. The van der Waals surface area contributed by atoms with Gasteiger partial charge in [-0.25, -0.2) is 0 Å². The number of fused-ring (bicyclic) bond motifs is 6. The van der Waals surface area contributed by atoms with E-state index in [1.807, 2.05) is 22.7 Å². The number of carbonyl (C=O) groups is 2. The molecule has 0 bridgehead atoms. The lowest BCUT2D eigenvalue weighted by molar-refractivity contribution is 0.0395. The Morgan fingerprint density at radius 3 is 0.785 bits per heavy atom. The van der Waals surface area contributed by atoms with Gasteiger partial charge in [0.2, 0.25) is 0 Å². The van der Waals surface area contributed by atoms with Crippen molar-refractivity contribution in [2.45, 2.75) is 399 Å². The lowest BCUT2D eigenvalue weighted by Gasteiger charge is -2.38. The lowest BCUT2D eigenvalue weighted by atomic mass is 9.81. The maximum atomic E-state index is 12.8. The van der Waals surface area contributed by atoms with Crippen LogP contribution in [0.25, 0.3) is 39.0 Å². The van der Waals surface area contributed by atoms with Crippen LogP contribution in [-0.4, -0.2) is 12.6 Å². The highest BCUT2D eigenvalue weighted by atomic mass is 32.1. The lowest BCUT2D eigenvalue weighted by Crippen LogP contribution is -2.35. The van der Waals surface area contributed by atoms with Crippen molar-refractivity contribution in [3.8, 4) is 50.5 Å². The second-order valence-corrected chi connectivity index (χ2v) is 34.2. The molecule has 0 unspecified atom stereocenters. The van der Waals surface area contributed by atoms with Crippen LogP contribution in [-0.2, 0) is 24.0 Å². The van der Waals surface area contributed by atoms with E-state index in [1.165, 1.54) is 358 Å². The summed E-state index contributed by atoms with van der Waals surface area (Å²) in [6.45, 7) is 14.0. The van der Waals surface area contributed by atoms with Crippen molar-refractivity contribution in [1.29, 1.82) is 0 Å². The van der Waals surface area contributed by atoms with Crippen molar-refractivity contribution in [3.63, 3.8) is 0 Å². The zero-order chi connectivity index (χ0) is 65.6. The van der Waals surface area contributed by atoms with E-state index in [0.29, 0.717) is 0 Å². The summed E-state index contributed by atoms with van der Waals surface area (Å²) >= 11 is 9.44. The predicted octanol–water partition coefficient (Wildman–Crippen LogP) is 31.0. The van der Waals surface area contributed by atoms with Crippen LogP contribution in [0.15, 0.2) is 24.3 Å². The minimum Gasteiger partial charge on any atom is -0.481 e. The van der Waals surface area contributed by atoms with Crippen LogP contribution in [0.1, 0.15) is 417 Å². The van der Waals surface area contributed by atoms with Gasteiger partial charge in [-0.1, -0.05) is 311 Å². The zero-order valence-electron chi connectivity index (χ0n) is 60.3. The van der Waals surface area contributed by atoms with Crippen molar-refractivity contribution < 1.29 is 19.1 Å². The molecule has 0 spiro atoms. The summed E-state index contributed by atoms with van der Waals surface area (Å²) < 4.78 is 15.2. The van der Waals surface area contributed by atoms with E-state index in [-0.39, 0.29) is 0 Å². The van der Waals surface area contributed by atoms with Crippen LogP contribution in [0.2, 0.25) is 0 Å². The predicted molar refractivity (Wildman–Crippen MR) is 414 cm³/mol. The molecule has 4 nitrogen and oxygen atoms in total.